The minimum Gasteiger partial charge on any atom is -0.335 e. The van der Waals surface area contributed by atoms with Crippen molar-refractivity contribution in [3.05, 3.63) is 11.1 Å². The predicted octanol–water partition coefficient (Wildman–Crippen LogP) is 3.15. The highest BCUT2D eigenvalue weighted by Gasteiger charge is 2.35. The summed E-state index contributed by atoms with van der Waals surface area (Å²) in [6.07, 6.45) is 5.19. The van der Waals surface area contributed by atoms with E-state index in [1.54, 1.807) is 6.20 Å². The van der Waals surface area contributed by atoms with Crippen LogP contribution in [0.1, 0.15) is 38.0 Å². The van der Waals surface area contributed by atoms with Gasteiger partial charge < -0.3 is 5.32 Å². The van der Waals surface area contributed by atoms with Crippen molar-refractivity contribution in [3.8, 4) is 0 Å². The second-order valence-corrected chi connectivity index (χ2v) is 6.54. The maximum absolute atomic E-state index is 11.8. The number of anilines is 1. The number of nitrogens with one attached hydrogen (secondary N) is 2. The average Bonchev–Trinajstić information content (AvgIpc) is 2.74. The van der Waals surface area contributed by atoms with Crippen LogP contribution in [0.25, 0.3) is 0 Å². The van der Waals surface area contributed by atoms with Crippen LogP contribution in [0.2, 0.25) is 0 Å². The second-order valence-electron chi connectivity index (χ2n) is 5.31. The van der Waals surface area contributed by atoms with Crippen LogP contribution in [0.15, 0.2) is 6.20 Å². The van der Waals surface area contributed by atoms with Gasteiger partial charge in [0.15, 0.2) is 5.13 Å². The summed E-state index contributed by atoms with van der Waals surface area (Å²) in [5.74, 6) is 0. The Morgan fingerprint density at radius 3 is 2.88 bits per heavy atom. The molecule has 2 amide bonds. The number of nitrogens with zero attached hydrogens (tertiary/aromatic N) is 1. The topological polar surface area (TPSA) is 54.0 Å². The first-order valence-electron chi connectivity index (χ1n) is 5.97. The molecule has 1 heterocycles. The molecule has 1 aromatic rings. The van der Waals surface area contributed by atoms with Crippen LogP contribution in [0.4, 0.5) is 9.93 Å². The van der Waals surface area contributed by atoms with Crippen LogP contribution >= 0.6 is 11.3 Å². The fraction of sp³-hybridized carbons (Fsp3) is 0.667. The molecule has 1 unspecified atom stereocenters. The van der Waals surface area contributed by atoms with E-state index in [1.165, 1.54) is 24.2 Å². The molecule has 17 heavy (non-hydrogen) atoms. The van der Waals surface area contributed by atoms with Gasteiger partial charge in [0.2, 0.25) is 0 Å². The molecule has 0 aliphatic heterocycles. The molecule has 0 radical (unpaired) electrons. The van der Waals surface area contributed by atoms with E-state index in [4.69, 9.17) is 0 Å². The Bertz CT molecular complexity index is 414. The van der Waals surface area contributed by atoms with Gasteiger partial charge in [-0.25, -0.2) is 9.78 Å². The molecular weight excluding hydrogens is 234 g/mol. The van der Waals surface area contributed by atoms with E-state index >= 15 is 0 Å². The lowest BCUT2D eigenvalue weighted by molar-refractivity contribution is 0.233. The molecule has 1 atom stereocenters. The Morgan fingerprint density at radius 2 is 2.35 bits per heavy atom. The molecule has 1 saturated carbocycles. The van der Waals surface area contributed by atoms with Crippen molar-refractivity contribution in [2.24, 2.45) is 5.41 Å². The Balaban J connectivity index is 1.89. The summed E-state index contributed by atoms with van der Waals surface area (Å²) in [5, 5.41) is 6.49. The summed E-state index contributed by atoms with van der Waals surface area (Å²) >= 11 is 1.49. The molecule has 0 spiro atoms. The van der Waals surface area contributed by atoms with Crippen molar-refractivity contribution >= 4 is 22.5 Å². The third-order valence-electron chi connectivity index (χ3n) is 3.40. The van der Waals surface area contributed by atoms with Gasteiger partial charge in [-0.1, -0.05) is 20.3 Å². The molecule has 2 N–H and O–H groups in total. The number of aromatic nitrogens is 1. The molecule has 2 rings (SSSR count). The standard InChI is InChI=1S/C12H19N3OS/c1-8-7-13-11(17-8)15-10(16)14-9-5-4-6-12(9,2)3/h7,9H,4-6H2,1-3H3,(H2,13,14,15,16). The Morgan fingerprint density at radius 1 is 1.59 bits per heavy atom. The van der Waals surface area contributed by atoms with Crippen molar-refractivity contribution < 1.29 is 4.79 Å². The summed E-state index contributed by atoms with van der Waals surface area (Å²) in [5.41, 5.74) is 0.204. The lowest BCUT2D eigenvalue weighted by Gasteiger charge is -2.27. The number of hydrogen-bond acceptors (Lipinski definition) is 3. The first kappa shape index (κ1) is 12.4. The Kier molecular flexibility index (Phi) is 3.38. The molecule has 1 aromatic heterocycles. The summed E-state index contributed by atoms with van der Waals surface area (Å²) < 4.78 is 0. The van der Waals surface area contributed by atoms with E-state index in [9.17, 15) is 4.79 Å². The van der Waals surface area contributed by atoms with Crippen LogP contribution in [0.5, 0.6) is 0 Å². The van der Waals surface area contributed by atoms with Gasteiger partial charge in [0.05, 0.1) is 0 Å². The maximum atomic E-state index is 11.8. The molecule has 5 heteroatoms. The summed E-state index contributed by atoms with van der Waals surface area (Å²) in [6.45, 7) is 6.39. The predicted molar refractivity (Wildman–Crippen MR) is 70.4 cm³/mol. The molecule has 0 aromatic carbocycles. The summed E-state index contributed by atoms with van der Waals surface area (Å²) in [7, 11) is 0. The minimum atomic E-state index is -0.140. The third kappa shape index (κ3) is 2.97. The van der Waals surface area contributed by atoms with Gasteiger partial charge in [-0.15, -0.1) is 11.3 Å². The number of aryl methyl sites for hydroxylation is 1. The fourth-order valence-electron chi connectivity index (χ4n) is 2.30. The van der Waals surface area contributed by atoms with Crippen molar-refractivity contribution in [2.75, 3.05) is 5.32 Å². The first-order valence-corrected chi connectivity index (χ1v) is 6.79. The van der Waals surface area contributed by atoms with Gasteiger partial charge in [-0.3, -0.25) is 5.32 Å². The molecule has 1 aliphatic carbocycles. The zero-order valence-electron chi connectivity index (χ0n) is 10.5. The monoisotopic (exact) mass is 253 g/mol. The minimum absolute atomic E-state index is 0.140. The fourth-order valence-corrected chi connectivity index (χ4v) is 2.96. The normalized spacial score (nSPS) is 22.4. The average molecular weight is 253 g/mol. The number of carbonyl (C=O) groups is 1. The highest BCUT2D eigenvalue weighted by Crippen LogP contribution is 2.37. The van der Waals surface area contributed by atoms with Gasteiger partial charge in [-0.2, -0.15) is 0 Å². The van der Waals surface area contributed by atoms with E-state index in [0.717, 1.165) is 11.3 Å². The molecule has 0 bridgehead atoms. The van der Waals surface area contributed by atoms with Gasteiger partial charge in [0.1, 0.15) is 0 Å². The largest absolute Gasteiger partial charge is 0.335 e. The summed E-state index contributed by atoms with van der Waals surface area (Å²) in [4.78, 5) is 17.0. The van der Waals surface area contributed by atoms with E-state index in [0.29, 0.717) is 5.13 Å². The van der Waals surface area contributed by atoms with E-state index in [1.807, 2.05) is 6.92 Å². The molecule has 4 nitrogen and oxygen atoms in total. The number of amides is 2. The molecule has 1 fully saturated rings. The Hall–Kier alpha value is -1.10. The first-order chi connectivity index (χ1) is 7.97. The highest BCUT2D eigenvalue weighted by atomic mass is 32.1. The second kappa shape index (κ2) is 4.64. The molecule has 94 valence electrons. The van der Waals surface area contributed by atoms with E-state index in [-0.39, 0.29) is 17.5 Å². The third-order valence-corrected chi connectivity index (χ3v) is 4.23. The number of urea groups is 1. The molecule has 0 saturated heterocycles. The van der Waals surface area contributed by atoms with Crippen LogP contribution in [-0.2, 0) is 0 Å². The lowest BCUT2D eigenvalue weighted by Crippen LogP contribution is -2.43. The van der Waals surface area contributed by atoms with Gasteiger partial charge in [-0.05, 0) is 25.2 Å². The summed E-state index contributed by atoms with van der Waals surface area (Å²) in [6, 6.07) is 0.128. The number of rotatable bonds is 2. The van der Waals surface area contributed by atoms with Gasteiger partial charge >= 0.3 is 6.03 Å². The molecule has 1 aliphatic rings. The SMILES string of the molecule is Cc1cnc(NC(=O)NC2CCCC2(C)C)s1. The van der Waals surface area contributed by atoms with Gasteiger partial charge in [0.25, 0.3) is 0 Å². The number of thiazole rings is 1. The lowest BCUT2D eigenvalue weighted by atomic mass is 9.87. The maximum Gasteiger partial charge on any atom is 0.321 e. The number of hydrogen-bond donors (Lipinski definition) is 2. The van der Waals surface area contributed by atoms with Crippen molar-refractivity contribution in [1.29, 1.82) is 0 Å². The Labute approximate surface area is 106 Å². The molecular formula is C12H19N3OS. The zero-order chi connectivity index (χ0) is 12.5. The highest BCUT2D eigenvalue weighted by molar-refractivity contribution is 7.15. The van der Waals surface area contributed by atoms with E-state index < -0.39 is 0 Å². The van der Waals surface area contributed by atoms with Gasteiger partial charge in [0, 0.05) is 17.1 Å². The van der Waals surface area contributed by atoms with Crippen LogP contribution < -0.4 is 10.6 Å². The quantitative estimate of drug-likeness (QED) is 0.850. The van der Waals surface area contributed by atoms with Crippen molar-refractivity contribution in [3.63, 3.8) is 0 Å². The zero-order valence-corrected chi connectivity index (χ0v) is 11.4. The van der Waals surface area contributed by atoms with Crippen molar-refractivity contribution in [1.82, 2.24) is 10.3 Å². The van der Waals surface area contributed by atoms with Crippen LogP contribution in [0.3, 0.4) is 0 Å². The number of carbonyl (C=O) groups excluding carboxylic acids is 1. The van der Waals surface area contributed by atoms with Crippen LogP contribution in [0, 0.1) is 12.3 Å². The van der Waals surface area contributed by atoms with Crippen LogP contribution in [-0.4, -0.2) is 17.1 Å². The smallest absolute Gasteiger partial charge is 0.321 e. The van der Waals surface area contributed by atoms with Crippen molar-refractivity contribution in [2.45, 2.75) is 46.1 Å². The van der Waals surface area contributed by atoms with E-state index in [2.05, 4.69) is 29.5 Å².